The Kier molecular flexibility index (Phi) is 5.90. The van der Waals surface area contributed by atoms with E-state index in [1.54, 1.807) is 24.3 Å². The number of fused-ring (bicyclic) bond motifs is 1. The van der Waals surface area contributed by atoms with Crippen molar-refractivity contribution in [3.63, 3.8) is 0 Å². The first-order valence-corrected chi connectivity index (χ1v) is 10.5. The molecule has 164 valence electrons. The Labute approximate surface area is 186 Å². The van der Waals surface area contributed by atoms with E-state index < -0.39 is 18.5 Å². The molecule has 2 aliphatic rings. The molecule has 7 heteroatoms. The first kappa shape index (κ1) is 21.5. The SMILES string of the molecule is Cc1ccc(NC(=O)COC(=O)c2ccc(N3C(=O)[C@@H]4[C@H](C)C=CC[C@H]4C3=O)cc2)cc1. The highest BCUT2D eigenvalue weighted by molar-refractivity contribution is 6.22. The minimum atomic E-state index is -0.666. The summed E-state index contributed by atoms with van der Waals surface area (Å²) >= 11 is 0. The molecule has 2 aromatic carbocycles. The first-order chi connectivity index (χ1) is 15.3. The van der Waals surface area contributed by atoms with Crippen molar-refractivity contribution in [2.75, 3.05) is 16.8 Å². The van der Waals surface area contributed by atoms with Crippen molar-refractivity contribution in [2.24, 2.45) is 17.8 Å². The van der Waals surface area contributed by atoms with Crippen LogP contribution in [0.2, 0.25) is 0 Å². The van der Waals surface area contributed by atoms with Gasteiger partial charge in [-0.15, -0.1) is 0 Å². The minimum absolute atomic E-state index is 0.00973. The van der Waals surface area contributed by atoms with Gasteiger partial charge in [-0.05, 0) is 55.7 Å². The molecule has 1 fully saturated rings. The average Bonchev–Trinajstić information content (AvgIpc) is 3.05. The summed E-state index contributed by atoms with van der Waals surface area (Å²) in [7, 11) is 0. The van der Waals surface area contributed by atoms with Gasteiger partial charge in [0, 0.05) is 5.69 Å². The number of ether oxygens (including phenoxy) is 1. The topological polar surface area (TPSA) is 92.8 Å². The predicted octanol–water partition coefficient (Wildman–Crippen LogP) is 3.49. The van der Waals surface area contributed by atoms with E-state index in [-0.39, 0.29) is 35.1 Å². The van der Waals surface area contributed by atoms with Crippen molar-refractivity contribution in [2.45, 2.75) is 20.3 Å². The van der Waals surface area contributed by atoms with E-state index in [4.69, 9.17) is 4.74 Å². The van der Waals surface area contributed by atoms with Crippen LogP contribution in [0.25, 0.3) is 0 Å². The summed E-state index contributed by atoms with van der Waals surface area (Å²) in [6, 6.07) is 13.3. The van der Waals surface area contributed by atoms with Crippen LogP contribution in [0, 0.1) is 24.7 Å². The van der Waals surface area contributed by atoms with E-state index in [0.717, 1.165) is 5.56 Å². The molecule has 1 N–H and O–H groups in total. The van der Waals surface area contributed by atoms with Gasteiger partial charge in [-0.25, -0.2) is 4.79 Å². The quantitative estimate of drug-likeness (QED) is 0.444. The van der Waals surface area contributed by atoms with Crippen LogP contribution in [-0.4, -0.2) is 30.3 Å². The number of hydrogen-bond donors (Lipinski definition) is 1. The van der Waals surface area contributed by atoms with Crippen molar-refractivity contribution in [1.29, 1.82) is 0 Å². The monoisotopic (exact) mass is 432 g/mol. The van der Waals surface area contributed by atoms with E-state index in [1.807, 2.05) is 38.1 Å². The maximum Gasteiger partial charge on any atom is 0.338 e. The molecule has 2 aromatic rings. The van der Waals surface area contributed by atoms with Crippen LogP contribution in [0.5, 0.6) is 0 Å². The van der Waals surface area contributed by atoms with Gasteiger partial charge in [-0.1, -0.05) is 36.8 Å². The third-order valence-corrected chi connectivity index (χ3v) is 5.90. The number of aryl methyl sites for hydroxylation is 1. The third kappa shape index (κ3) is 4.19. The van der Waals surface area contributed by atoms with Crippen LogP contribution in [0.4, 0.5) is 11.4 Å². The normalized spacial score (nSPS) is 21.9. The highest BCUT2D eigenvalue weighted by Gasteiger charge is 2.50. The lowest BCUT2D eigenvalue weighted by atomic mass is 9.78. The smallest absolute Gasteiger partial charge is 0.338 e. The second-order valence-electron chi connectivity index (χ2n) is 8.20. The van der Waals surface area contributed by atoms with Gasteiger partial charge < -0.3 is 10.1 Å². The molecule has 0 aromatic heterocycles. The molecule has 32 heavy (non-hydrogen) atoms. The molecule has 1 aliphatic carbocycles. The number of carbonyl (C=O) groups is 4. The molecule has 1 saturated heterocycles. The van der Waals surface area contributed by atoms with Gasteiger partial charge in [0.1, 0.15) is 0 Å². The zero-order valence-corrected chi connectivity index (χ0v) is 17.9. The summed E-state index contributed by atoms with van der Waals surface area (Å²) in [6.45, 7) is 3.46. The van der Waals surface area contributed by atoms with Gasteiger partial charge in [0.2, 0.25) is 11.8 Å². The fourth-order valence-electron chi connectivity index (χ4n) is 4.20. The Bertz CT molecular complexity index is 1090. The van der Waals surface area contributed by atoms with Gasteiger partial charge >= 0.3 is 5.97 Å². The molecule has 1 heterocycles. The van der Waals surface area contributed by atoms with E-state index in [9.17, 15) is 19.2 Å². The molecule has 3 amide bonds. The van der Waals surface area contributed by atoms with E-state index in [1.165, 1.54) is 17.0 Å². The molecule has 7 nitrogen and oxygen atoms in total. The number of esters is 1. The molecule has 4 rings (SSSR count). The van der Waals surface area contributed by atoms with E-state index in [2.05, 4.69) is 5.32 Å². The van der Waals surface area contributed by atoms with Crippen LogP contribution in [0.1, 0.15) is 29.3 Å². The molecule has 0 radical (unpaired) electrons. The lowest BCUT2D eigenvalue weighted by molar-refractivity contribution is -0.123. The zero-order chi connectivity index (χ0) is 22.8. The zero-order valence-electron chi connectivity index (χ0n) is 17.9. The molecule has 1 aliphatic heterocycles. The van der Waals surface area contributed by atoms with Gasteiger partial charge in [0.15, 0.2) is 6.61 Å². The summed E-state index contributed by atoms with van der Waals surface area (Å²) in [5, 5.41) is 2.66. The Hall–Kier alpha value is -3.74. The van der Waals surface area contributed by atoms with Crippen molar-refractivity contribution < 1.29 is 23.9 Å². The molecule has 0 spiro atoms. The number of hydrogen-bond acceptors (Lipinski definition) is 5. The summed E-state index contributed by atoms with van der Waals surface area (Å²) in [5.41, 5.74) is 2.34. The summed E-state index contributed by atoms with van der Waals surface area (Å²) in [5.74, 6) is -2.20. The van der Waals surface area contributed by atoms with E-state index in [0.29, 0.717) is 17.8 Å². The number of benzene rings is 2. The van der Waals surface area contributed by atoms with Gasteiger partial charge in [-0.3, -0.25) is 19.3 Å². The number of carbonyl (C=O) groups excluding carboxylic acids is 4. The van der Waals surface area contributed by atoms with Crippen LogP contribution >= 0.6 is 0 Å². The molecule has 0 unspecified atom stereocenters. The third-order valence-electron chi connectivity index (χ3n) is 5.90. The van der Waals surface area contributed by atoms with Crippen molar-refractivity contribution in [1.82, 2.24) is 0 Å². The molecule has 0 bridgehead atoms. The standard InChI is InChI=1S/C25H24N2O5/c1-15-6-10-18(11-7-15)26-21(28)14-32-25(31)17-8-12-19(13-9-17)27-23(29)20-5-3-4-16(2)22(20)24(27)30/h3-4,6-13,16,20,22H,5,14H2,1-2H3,(H,26,28)/t16-,20-,22-/m1/s1. The Morgan fingerprint density at radius 2 is 1.72 bits per heavy atom. The first-order valence-electron chi connectivity index (χ1n) is 10.5. The van der Waals surface area contributed by atoms with Crippen LogP contribution in [0.3, 0.4) is 0 Å². The minimum Gasteiger partial charge on any atom is -0.452 e. The number of rotatable bonds is 5. The van der Waals surface area contributed by atoms with Crippen molar-refractivity contribution in [3.05, 3.63) is 71.8 Å². The van der Waals surface area contributed by atoms with Crippen LogP contribution in [-0.2, 0) is 19.1 Å². The fraction of sp³-hybridized carbons (Fsp3) is 0.280. The molecular weight excluding hydrogens is 408 g/mol. The molecule has 3 atom stereocenters. The second-order valence-corrected chi connectivity index (χ2v) is 8.20. The number of anilines is 2. The molecule has 0 saturated carbocycles. The number of imide groups is 1. The largest absolute Gasteiger partial charge is 0.452 e. The Morgan fingerprint density at radius 1 is 1.03 bits per heavy atom. The van der Waals surface area contributed by atoms with Crippen molar-refractivity contribution >= 4 is 35.1 Å². The highest BCUT2D eigenvalue weighted by atomic mass is 16.5. The van der Waals surface area contributed by atoms with Crippen LogP contribution < -0.4 is 10.2 Å². The average molecular weight is 432 g/mol. The predicted molar refractivity (Wildman–Crippen MR) is 119 cm³/mol. The van der Waals surface area contributed by atoms with Crippen molar-refractivity contribution in [3.8, 4) is 0 Å². The van der Waals surface area contributed by atoms with Gasteiger partial charge in [0.25, 0.3) is 5.91 Å². The number of nitrogens with zero attached hydrogens (tertiary/aromatic N) is 1. The summed E-state index contributed by atoms with van der Waals surface area (Å²) in [4.78, 5) is 51.2. The lowest BCUT2D eigenvalue weighted by Crippen LogP contribution is -2.31. The fourth-order valence-corrected chi connectivity index (χ4v) is 4.20. The lowest BCUT2D eigenvalue weighted by Gasteiger charge is -2.22. The number of allylic oxidation sites excluding steroid dienone is 2. The van der Waals surface area contributed by atoms with E-state index >= 15 is 0 Å². The second kappa shape index (κ2) is 8.78. The number of nitrogens with one attached hydrogen (secondary N) is 1. The highest BCUT2D eigenvalue weighted by Crippen LogP contribution is 2.40. The summed E-state index contributed by atoms with van der Waals surface area (Å²) in [6.07, 6.45) is 4.49. The maximum atomic E-state index is 12.9. The van der Waals surface area contributed by atoms with Gasteiger partial charge in [-0.2, -0.15) is 0 Å². The van der Waals surface area contributed by atoms with Crippen LogP contribution in [0.15, 0.2) is 60.7 Å². The Balaban J connectivity index is 1.36. The maximum absolute atomic E-state index is 12.9. The molecular formula is C25H24N2O5. The number of amides is 3. The van der Waals surface area contributed by atoms with Gasteiger partial charge in [0.05, 0.1) is 23.1 Å². The summed E-state index contributed by atoms with van der Waals surface area (Å²) < 4.78 is 5.08. The Morgan fingerprint density at radius 3 is 2.38 bits per heavy atom.